The summed E-state index contributed by atoms with van der Waals surface area (Å²) in [6, 6.07) is 4.14. The molecule has 0 bridgehead atoms. The van der Waals surface area contributed by atoms with Crippen molar-refractivity contribution < 1.29 is 17.9 Å². The zero-order chi connectivity index (χ0) is 15.0. The van der Waals surface area contributed by atoms with Crippen molar-refractivity contribution in [2.75, 3.05) is 5.32 Å². The lowest BCUT2D eigenvalue weighted by Gasteiger charge is -2.23. The molecule has 2 rings (SSSR count). The number of ether oxygens (including phenoxy) is 1. The second-order valence-corrected chi connectivity index (χ2v) is 6.09. The molecule has 0 amide bonds. The Morgan fingerprint density at radius 1 is 1.30 bits per heavy atom. The molecule has 0 unspecified atom stereocenters. The smallest absolute Gasteiger partial charge is 0.406 e. The average molecular weight is 304 g/mol. The van der Waals surface area contributed by atoms with E-state index in [9.17, 15) is 13.2 Å². The number of halogens is 3. The Bertz CT molecular complexity index is 607. The van der Waals surface area contributed by atoms with Crippen molar-refractivity contribution >= 4 is 26.7 Å². The first-order valence-electron chi connectivity index (χ1n) is 6.13. The topological polar surface area (TPSA) is 34.2 Å². The molecule has 0 atom stereocenters. The molecule has 20 heavy (non-hydrogen) atoms. The van der Waals surface area contributed by atoms with Gasteiger partial charge in [-0.2, -0.15) is 0 Å². The quantitative estimate of drug-likeness (QED) is 0.881. The second-order valence-electron chi connectivity index (χ2n) is 5.06. The number of rotatable bonds is 4. The third kappa shape index (κ3) is 3.75. The standard InChI is InChI=1S/C13H15F3N2OS/c1-4-12(2,3)18-11-17-9-6-5-8(7-10(9)20-11)19-13(14,15)16/h5-7H,4H2,1-3H3,(H,17,18). The van der Waals surface area contributed by atoms with Gasteiger partial charge in [-0.05, 0) is 32.4 Å². The van der Waals surface area contributed by atoms with Gasteiger partial charge in [-0.15, -0.1) is 13.2 Å². The Morgan fingerprint density at radius 3 is 2.60 bits per heavy atom. The lowest BCUT2D eigenvalue weighted by molar-refractivity contribution is -0.274. The molecule has 1 heterocycles. The van der Waals surface area contributed by atoms with Gasteiger partial charge in [-0.1, -0.05) is 18.3 Å². The number of alkyl halides is 3. The van der Waals surface area contributed by atoms with Crippen LogP contribution in [0.4, 0.5) is 18.3 Å². The van der Waals surface area contributed by atoms with Crippen LogP contribution in [0.15, 0.2) is 18.2 Å². The molecule has 3 nitrogen and oxygen atoms in total. The van der Waals surface area contributed by atoms with E-state index in [1.54, 1.807) is 0 Å². The number of aromatic nitrogens is 1. The minimum Gasteiger partial charge on any atom is -0.406 e. The number of fused-ring (bicyclic) bond motifs is 1. The monoisotopic (exact) mass is 304 g/mol. The zero-order valence-corrected chi connectivity index (χ0v) is 12.2. The van der Waals surface area contributed by atoms with E-state index in [1.165, 1.54) is 29.5 Å². The summed E-state index contributed by atoms with van der Waals surface area (Å²) in [5.41, 5.74) is 0.540. The van der Waals surface area contributed by atoms with Gasteiger partial charge in [0.15, 0.2) is 5.13 Å². The van der Waals surface area contributed by atoms with Crippen LogP contribution in [0.2, 0.25) is 0 Å². The van der Waals surface area contributed by atoms with Gasteiger partial charge in [0.25, 0.3) is 0 Å². The molecule has 0 aliphatic carbocycles. The highest BCUT2D eigenvalue weighted by Crippen LogP contribution is 2.32. The van der Waals surface area contributed by atoms with E-state index in [0.717, 1.165) is 6.42 Å². The third-order valence-electron chi connectivity index (χ3n) is 2.92. The van der Waals surface area contributed by atoms with Crippen molar-refractivity contribution in [2.24, 2.45) is 0 Å². The molecule has 1 aromatic heterocycles. The van der Waals surface area contributed by atoms with Crippen LogP contribution in [0.25, 0.3) is 10.2 Å². The predicted octanol–water partition coefficient (Wildman–Crippen LogP) is 4.80. The summed E-state index contributed by atoms with van der Waals surface area (Å²) in [5.74, 6) is -0.227. The number of nitrogens with one attached hydrogen (secondary N) is 1. The van der Waals surface area contributed by atoms with Crippen LogP contribution < -0.4 is 10.1 Å². The molecule has 0 saturated carbocycles. The molecule has 1 N–H and O–H groups in total. The van der Waals surface area contributed by atoms with Crippen molar-refractivity contribution in [3.05, 3.63) is 18.2 Å². The van der Waals surface area contributed by atoms with E-state index >= 15 is 0 Å². The maximum Gasteiger partial charge on any atom is 0.573 e. The van der Waals surface area contributed by atoms with Gasteiger partial charge >= 0.3 is 6.36 Å². The lowest BCUT2D eigenvalue weighted by atomic mass is 10.0. The van der Waals surface area contributed by atoms with Crippen molar-refractivity contribution in [1.82, 2.24) is 4.98 Å². The van der Waals surface area contributed by atoms with Gasteiger partial charge in [0.05, 0.1) is 10.2 Å². The number of hydrogen-bond donors (Lipinski definition) is 1. The Hall–Kier alpha value is -1.50. The molecule has 0 aliphatic rings. The summed E-state index contributed by atoms with van der Waals surface area (Å²) >= 11 is 1.31. The zero-order valence-electron chi connectivity index (χ0n) is 11.3. The Kier molecular flexibility index (Phi) is 3.82. The highest BCUT2D eigenvalue weighted by molar-refractivity contribution is 7.22. The first-order chi connectivity index (χ1) is 9.18. The van der Waals surface area contributed by atoms with Crippen molar-refractivity contribution in [1.29, 1.82) is 0 Å². The molecule has 0 spiro atoms. The summed E-state index contributed by atoms with van der Waals surface area (Å²) in [6.07, 6.45) is -3.77. The highest BCUT2D eigenvalue weighted by Gasteiger charge is 2.31. The highest BCUT2D eigenvalue weighted by atomic mass is 32.1. The van der Waals surface area contributed by atoms with Crippen LogP contribution in [0, 0.1) is 0 Å². The summed E-state index contributed by atoms with van der Waals surface area (Å²) in [7, 11) is 0. The molecule has 0 saturated heterocycles. The van der Waals surface area contributed by atoms with Crippen LogP contribution >= 0.6 is 11.3 Å². The first-order valence-corrected chi connectivity index (χ1v) is 6.95. The molecule has 2 aromatic rings. The number of hydrogen-bond acceptors (Lipinski definition) is 4. The lowest BCUT2D eigenvalue weighted by Crippen LogP contribution is -2.29. The summed E-state index contributed by atoms with van der Waals surface area (Å²) in [6.45, 7) is 6.13. The third-order valence-corrected chi connectivity index (χ3v) is 3.86. The van der Waals surface area contributed by atoms with Crippen LogP contribution in [0.3, 0.4) is 0 Å². The largest absolute Gasteiger partial charge is 0.573 e. The molecule has 7 heteroatoms. The first kappa shape index (κ1) is 14.9. The molecule has 110 valence electrons. The predicted molar refractivity (Wildman–Crippen MR) is 74.3 cm³/mol. The van der Waals surface area contributed by atoms with Crippen molar-refractivity contribution in [3.63, 3.8) is 0 Å². The van der Waals surface area contributed by atoms with Gasteiger partial charge in [0.1, 0.15) is 5.75 Å². The number of benzene rings is 1. The molecule has 0 fully saturated rings. The average Bonchev–Trinajstić information content (AvgIpc) is 2.67. The van der Waals surface area contributed by atoms with Crippen LogP contribution in [-0.4, -0.2) is 16.9 Å². The van der Waals surface area contributed by atoms with E-state index in [0.29, 0.717) is 15.3 Å². The van der Waals surface area contributed by atoms with Crippen LogP contribution in [-0.2, 0) is 0 Å². The van der Waals surface area contributed by atoms with Gasteiger partial charge < -0.3 is 10.1 Å². The SMILES string of the molecule is CCC(C)(C)Nc1nc2ccc(OC(F)(F)F)cc2s1. The summed E-state index contributed by atoms with van der Waals surface area (Å²) in [4.78, 5) is 4.35. The molecule has 1 aromatic carbocycles. The second kappa shape index (κ2) is 5.12. The minimum absolute atomic E-state index is 0.112. The molecular weight excluding hydrogens is 289 g/mol. The van der Waals surface area contributed by atoms with Crippen molar-refractivity contribution in [2.45, 2.75) is 39.1 Å². The Morgan fingerprint density at radius 2 is 2.00 bits per heavy atom. The summed E-state index contributed by atoms with van der Waals surface area (Å²) < 4.78 is 41.1. The van der Waals surface area contributed by atoms with E-state index in [2.05, 4.69) is 22.0 Å². The molecule has 0 aliphatic heterocycles. The maximum absolute atomic E-state index is 12.2. The van der Waals surface area contributed by atoms with Gasteiger partial charge in [0, 0.05) is 11.6 Å². The van der Waals surface area contributed by atoms with E-state index in [-0.39, 0.29) is 11.3 Å². The van der Waals surface area contributed by atoms with Crippen molar-refractivity contribution in [3.8, 4) is 5.75 Å². The Labute approximate surface area is 118 Å². The molecular formula is C13H15F3N2OS. The fourth-order valence-electron chi connectivity index (χ4n) is 1.53. The van der Waals surface area contributed by atoms with Gasteiger partial charge in [-0.25, -0.2) is 4.98 Å². The van der Waals surface area contributed by atoms with Crippen LogP contribution in [0.5, 0.6) is 5.75 Å². The number of anilines is 1. The normalized spacial score (nSPS) is 12.7. The van der Waals surface area contributed by atoms with Gasteiger partial charge in [0.2, 0.25) is 0 Å². The molecule has 0 radical (unpaired) electrons. The maximum atomic E-state index is 12.2. The number of nitrogens with zero attached hydrogens (tertiary/aromatic N) is 1. The minimum atomic E-state index is -4.68. The van der Waals surface area contributed by atoms with E-state index in [4.69, 9.17) is 0 Å². The summed E-state index contributed by atoms with van der Waals surface area (Å²) in [5, 5.41) is 3.96. The van der Waals surface area contributed by atoms with E-state index in [1.807, 2.05) is 13.8 Å². The van der Waals surface area contributed by atoms with Gasteiger partial charge in [-0.3, -0.25) is 0 Å². The van der Waals surface area contributed by atoms with Crippen LogP contribution in [0.1, 0.15) is 27.2 Å². The number of thiazole rings is 1. The fraction of sp³-hybridized carbons (Fsp3) is 0.462. The Balaban J connectivity index is 2.26. The van der Waals surface area contributed by atoms with E-state index < -0.39 is 6.36 Å². The fourth-order valence-corrected chi connectivity index (χ4v) is 2.61.